The Balaban J connectivity index is 1.86. The maximum atomic E-state index is 12.2. The summed E-state index contributed by atoms with van der Waals surface area (Å²) in [5.41, 5.74) is 6.70. The van der Waals surface area contributed by atoms with E-state index in [-0.39, 0.29) is 18.4 Å². The van der Waals surface area contributed by atoms with Crippen LogP contribution in [0.4, 0.5) is 5.69 Å². The number of nitrogens with zero attached hydrogens (tertiary/aromatic N) is 1. The van der Waals surface area contributed by atoms with Gasteiger partial charge in [0, 0.05) is 24.3 Å². The second-order valence-electron chi connectivity index (χ2n) is 6.05. The quantitative estimate of drug-likeness (QED) is 0.828. The molecule has 0 radical (unpaired) electrons. The van der Waals surface area contributed by atoms with Gasteiger partial charge in [0.05, 0.1) is 6.54 Å². The van der Waals surface area contributed by atoms with E-state index in [1.54, 1.807) is 24.3 Å². The van der Waals surface area contributed by atoms with Gasteiger partial charge in [0.2, 0.25) is 5.91 Å². The number of benzene rings is 1. The molecule has 2 rings (SSSR count). The van der Waals surface area contributed by atoms with E-state index >= 15 is 0 Å². The number of nitrogens with one attached hydrogen (secondary N) is 1. The maximum Gasteiger partial charge on any atom is 0.251 e. The summed E-state index contributed by atoms with van der Waals surface area (Å²) in [5, 5.41) is 2.67. The Morgan fingerprint density at radius 3 is 2.33 bits per heavy atom. The largest absolute Gasteiger partial charge is 0.399 e. The van der Waals surface area contributed by atoms with Crippen molar-refractivity contribution in [1.82, 2.24) is 10.2 Å². The van der Waals surface area contributed by atoms with E-state index in [4.69, 9.17) is 5.73 Å². The van der Waals surface area contributed by atoms with Crippen LogP contribution in [0, 0.1) is 11.8 Å². The Hall–Kier alpha value is -2.04. The summed E-state index contributed by atoms with van der Waals surface area (Å²) >= 11 is 0. The number of likely N-dealkylation sites (tertiary alicyclic amines) is 1. The van der Waals surface area contributed by atoms with Crippen molar-refractivity contribution in [2.24, 2.45) is 11.8 Å². The van der Waals surface area contributed by atoms with E-state index < -0.39 is 0 Å². The summed E-state index contributed by atoms with van der Waals surface area (Å²) in [7, 11) is 0. The molecule has 0 saturated carbocycles. The van der Waals surface area contributed by atoms with Crippen LogP contribution in [-0.2, 0) is 4.79 Å². The summed E-state index contributed by atoms with van der Waals surface area (Å²) in [6.45, 7) is 5.91. The van der Waals surface area contributed by atoms with Gasteiger partial charge < -0.3 is 16.0 Å². The molecule has 1 saturated heterocycles. The van der Waals surface area contributed by atoms with Gasteiger partial charge in [-0.2, -0.15) is 0 Å². The van der Waals surface area contributed by atoms with Crippen LogP contribution in [0.15, 0.2) is 24.3 Å². The molecule has 5 heteroatoms. The van der Waals surface area contributed by atoms with Gasteiger partial charge in [-0.15, -0.1) is 0 Å². The highest BCUT2D eigenvalue weighted by Gasteiger charge is 2.25. The predicted molar refractivity (Wildman–Crippen MR) is 82.7 cm³/mol. The lowest BCUT2D eigenvalue weighted by molar-refractivity contribution is -0.132. The van der Waals surface area contributed by atoms with Gasteiger partial charge in [-0.05, 0) is 42.5 Å². The normalized spacial score (nSPS) is 21.9. The maximum absolute atomic E-state index is 12.2. The average Bonchev–Trinajstić information content (AvgIpc) is 2.44. The Morgan fingerprint density at radius 1 is 1.19 bits per heavy atom. The molecule has 2 atom stereocenters. The van der Waals surface area contributed by atoms with Gasteiger partial charge in [-0.25, -0.2) is 0 Å². The molecule has 21 heavy (non-hydrogen) atoms. The zero-order chi connectivity index (χ0) is 15.4. The van der Waals surface area contributed by atoms with Crippen molar-refractivity contribution < 1.29 is 9.59 Å². The molecule has 1 aliphatic heterocycles. The Kier molecular flexibility index (Phi) is 4.83. The van der Waals surface area contributed by atoms with Crippen molar-refractivity contribution in [2.45, 2.75) is 20.3 Å². The van der Waals surface area contributed by atoms with Crippen LogP contribution in [0.5, 0.6) is 0 Å². The Labute approximate surface area is 125 Å². The van der Waals surface area contributed by atoms with Gasteiger partial charge in [0.1, 0.15) is 0 Å². The lowest BCUT2D eigenvalue weighted by Gasteiger charge is -2.35. The molecule has 1 aromatic rings. The minimum absolute atomic E-state index is 0.0165. The second-order valence-corrected chi connectivity index (χ2v) is 6.05. The number of carbonyl (C=O) groups excluding carboxylic acids is 2. The molecule has 0 bridgehead atoms. The van der Waals surface area contributed by atoms with Crippen molar-refractivity contribution in [3.8, 4) is 0 Å². The topological polar surface area (TPSA) is 75.4 Å². The average molecular weight is 289 g/mol. The first-order valence-electron chi connectivity index (χ1n) is 7.37. The molecule has 1 heterocycles. The van der Waals surface area contributed by atoms with Gasteiger partial charge in [-0.1, -0.05) is 13.8 Å². The number of hydrogen-bond donors (Lipinski definition) is 2. The number of rotatable bonds is 3. The smallest absolute Gasteiger partial charge is 0.251 e. The SMILES string of the molecule is CC1CC(C)CN(C(=O)CNC(=O)c2ccc(N)cc2)C1. The third-order valence-corrected chi connectivity index (χ3v) is 3.79. The van der Waals surface area contributed by atoms with Crippen LogP contribution in [0.3, 0.4) is 0 Å². The van der Waals surface area contributed by atoms with Gasteiger partial charge in [0.25, 0.3) is 5.91 Å². The minimum Gasteiger partial charge on any atom is -0.399 e. The lowest BCUT2D eigenvalue weighted by atomic mass is 9.92. The van der Waals surface area contributed by atoms with Crippen LogP contribution in [0.1, 0.15) is 30.6 Å². The molecule has 2 amide bonds. The second kappa shape index (κ2) is 6.61. The first-order valence-corrected chi connectivity index (χ1v) is 7.37. The summed E-state index contributed by atoms with van der Waals surface area (Å²) in [6.07, 6.45) is 1.15. The van der Waals surface area contributed by atoms with Crippen LogP contribution < -0.4 is 11.1 Å². The van der Waals surface area contributed by atoms with E-state index in [2.05, 4.69) is 19.2 Å². The molecule has 5 nitrogen and oxygen atoms in total. The third kappa shape index (κ3) is 4.21. The van der Waals surface area contributed by atoms with Crippen LogP contribution in [0.25, 0.3) is 0 Å². The van der Waals surface area contributed by atoms with Crippen molar-refractivity contribution in [1.29, 1.82) is 0 Å². The number of anilines is 1. The summed E-state index contributed by atoms with van der Waals surface area (Å²) in [6, 6.07) is 6.65. The molecular formula is C16H23N3O2. The van der Waals surface area contributed by atoms with Gasteiger partial charge in [0.15, 0.2) is 0 Å². The summed E-state index contributed by atoms with van der Waals surface area (Å²) in [5.74, 6) is 0.773. The van der Waals surface area contributed by atoms with Crippen molar-refractivity contribution in [3.05, 3.63) is 29.8 Å². The number of piperidine rings is 1. The fourth-order valence-corrected chi connectivity index (χ4v) is 2.87. The van der Waals surface area contributed by atoms with Crippen LogP contribution >= 0.6 is 0 Å². The molecule has 3 N–H and O–H groups in total. The molecule has 0 aromatic heterocycles. The molecule has 114 valence electrons. The third-order valence-electron chi connectivity index (χ3n) is 3.79. The Morgan fingerprint density at radius 2 is 1.76 bits per heavy atom. The summed E-state index contributed by atoms with van der Waals surface area (Å²) in [4.78, 5) is 26.0. The number of hydrogen-bond acceptors (Lipinski definition) is 3. The minimum atomic E-state index is -0.249. The van der Waals surface area contributed by atoms with Crippen LogP contribution in [-0.4, -0.2) is 36.3 Å². The van der Waals surface area contributed by atoms with E-state index in [9.17, 15) is 9.59 Å². The molecule has 1 aliphatic rings. The van der Waals surface area contributed by atoms with Crippen molar-refractivity contribution in [2.75, 3.05) is 25.4 Å². The molecule has 2 unspecified atom stereocenters. The zero-order valence-electron chi connectivity index (χ0n) is 12.6. The molecule has 0 spiro atoms. The molecule has 1 fully saturated rings. The fraction of sp³-hybridized carbons (Fsp3) is 0.500. The van der Waals surface area contributed by atoms with Gasteiger partial charge >= 0.3 is 0 Å². The Bertz CT molecular complexity index is 503. The van der Waals surface area contributed by atoms with E-state index in [1.165, 1.54) is 0 Å². The van der Waals surface area contributed by atoms with E-state index in [0.29, 0.717) is 23.1 Å². The van der Waals surface area contributed by atoms with Crippen molar-refractivity contribution >= 4 is 17.5 Å². The van der Waals surface area contributed by atoms with Crippen molar-refractivity contribution in [3.63, 3.8) is 0 Å². The monoisotopic (exact) mass is 289 g/mol. The van der Waals surface area contributed by atoms with Gasteiger partial charge in [-0.3, -0.25) is 9.59 Å². The number of nitrogens with two attached hydrogens (primary N) is 1. The standard InChI is InChI=1S/C16H23N3O2/c1-11-7-12(2)10-19(9-11)15(20)8-18-16(21)13-3-5-14(17)6-4-13/h3-6,11-12H,7-10,17H2,1-2H3,(H,18,21). The first-order chi connectivity index (χ1) is 9.95. The number of carbonyl (C=O) groups is 2. The molecular weight excluding hydrogens is 266 g/mol. The fourth-order valence-electron chi connectivity index (χ4n) is 2.87. The first kappa shape index (κ1) is 15.4. The van der Waals surface area contributed by atoms with E-state index in [0.717, 1.165) is 19.5 Å². The molecule has 0 aliphatic carbocycles. The molecule has 1 aromatic carbocycles. The highest BCUT2D eigenvalue weighted by molar-refractivity contribution is 5.96. The highest BCUT2D eigenvalue weighted by Crippen LogP contribution is 2.20. The highest BCUT2D eigenvalue weighted by atomic mass is 16.2. The van der Waals surface area contributed by atoms with E-state index in [1.807, 2.05) is 4.90 Å². The zero-order valence-corrected chi connectivity index (χ0v) is 12.6. The number of nitrogen functional groups attached to an aromatic ring is 1. The summed E-state index contributed by atoms with van der Waals surface area (Å²) < 4.78 is 0. The van der Waals surface area contributed by atoms with Crippen LogP contribution in [0.2, 0.25) is 0 Å². The lowest BCUT2D eigenvalue weighted by Crippen LogP contribution is -2.46. The predicted octanol–water partition coefficient (Wildman–Crippen LogP) is 1.50. The number of amides is 2.